The Balaban J connectivity index is 2.94. The smallest absolute Gasteiger partial charge is 0.375 e. The van der Waals surface area contributed by atoms with Crippen LogP contribution in [0.5, 0.6) is 0 Å². The molecule has 0 saturated carbocycles. The number of aryl methyl sites for hydroxylation is 2. The summed E-state index contributed by atoms with van der Waals surface area (Å²) in [7, 11) is 1.10. The summed E-state index contributed by atoms with van der Waals surface area (Å²) in [5.41, 5.74) is 0.326. The van der Waals surface area contributed by atoms with Crippen molar-refractivity contribution in [2.45, 2.75) is 20.8 Å². The van der Waals surface area contributed by atoms with Crippen LogP contribution in [0.15, 0.2) is 10.5 Å². The van der Waals surface area contributed by atoms with Gasteiger partial charge in [0.05, 0.1) is 18.6 Å². The number of furan rings is 1. The molecule has 1 atom stereocenters. The van der Waals surface area contributed by atoms with Crippen molar-refractivity contribution in [3.05, 3.63) is 23.2 Å². The Morgan fingerprint density at radius 3 is 2.29 bits per heavy atom. The van der Waals surface area contributed by atoms with E-state index >= 15 is 0 Å². The number of ether oxygens (including phenoxy) is 1. The highest BCUT2D eigenvalue weighted by Gasteiger charge is 2.30. The van der Waals surface area contributed by atoms with Crippen molar-refractivity contribution >= 4 is 17.5 Å². The van der Waals surface area contributed by atoms with Crippen LogP contribution < -0.4 is 0 Å². The molecule has 1 aromatic rings. The van der Waals surface area contributed by atoms with Crippen LogP contribution in [-0.2, 0) is 14.3 Å². The fraction of sp³-hybridized carbons (Fsp3) is 0.417. The van der Waals surface area contributed by atoms with Crippen molar-refractivity contribution in [1.82, 2.24) is 0 Å². The van der Waals surface area contributed by atoms with Crippen molar-refractivity contribution in [2.75, 3.05) is 7.11 Å². The largest absolute Gasteiger partial charge is 0.466 e. The van der Waals surface area contributed by atoms with Gasteiger partial charge in [0.1, 0.15) is 11.5 Å². The minimum absolute atomic E-state index is 0.326. The molecule has 92 valence electrons. The third-order valence-corrected chi connectivity index (χ3v) is 2.48. The second kappa shape index (κ2) is 4.95. The molecule has 0 aliphatic rings. The van der Waals surface area contributed by atoms with Crippen LogP contribution in [0.1, 0.15) is 28.8 Å². The van der Waals surface area contributed by atoms with Crippen molar-refractivity contribution in [3.63, 3.8) is 0 Å². The molecule has 1 unspecified atom stereocenters. The molecule has 0 amide bonds. The quantitative estimate of drug-likeness (QED) is 0.343. The van der Waals surface area contributed by atoms with E-state index in [1.165, 1.54) is 6.92 Å². The van der Waals surface area contributed by atoms with Gasteiger partial charge in [0, 0.05) is 0 Å². The Kier molecular flexibility index (Phi) is 3.83. The zero-order chi connectivity index (χ0) is 13.2. The number of hydrogen-bond acceptors (Lipinski definition) is 5. The lowest BCUT2D eigenvalue weighted by Gasteiger charge is -2.06. The van der Waals surface area contributed by atoms with E-state index in [2.05, 4.69) is 4.74 Å². The number of methoxy groups -OCH3 is 1. The van der Waals surface area contributed by atoms with E-state index < -0.39 is 23.5 Å². The Bertz CT molecular complexity index is 469. The first-order valence-electron chi connectivity index (χ1n) is 5.12. The van der Waals surface area contributed by atoms with Crippen LogP contribution >= 0.6 is 0 Å². The van der Waals surface area contributed by atoms with Gasteiger partial charge in [0.15, 0.2) is 5.78 Å². The maximum absolute atomic E-state index is 12.0. The van der Waals surface area contributed by atoms with Gasteiger partial charge in [0.25, 0.3) is 5.78 Å². The Hall–Kier alpha value is -1.91. The first-order valence-corrected chi connectivity index (χ1v) is 5.12. The molecule has 0 spiro atoms. The van der Waals surface area contributed by atoms with E-state index in [0.717, 1.165) is 7.11 Å². The van der Waals surface area contributed by atoms with Gasteiger partial charge >= 0.3 is 5.97 Å². The molecule has 0 radical (unpaired) electrons. The lowest BCUT2D eigenvalue weighted by Crippen LogP contribution is -2.29. The molecular weight excluding hydrogens is 224 g/mol. The predicted octanol–water partition coefficient (Wildman–Crippen LogP) is 1.46. The molecule has 0 aromatic carbocycles. The molecule has 1 heterocycles. The number of hydrogen-bond donors (Lipinski definition) is 0. The molecule has 0 aliphatic carbocycles. The van der Waals surface area contributed by atoms with Crippen molar-refractivity contribution in [1.29, 1.82) is 0 Å². The molecule has 1 aromatic heterocycles. The highest BCUT2D eigenvalue weighted by Crippen LogP contribution is 2.18. The Morgan fingerprint density at radius 1 is 1.29 bits per heavy atom. The fourth-order valence-corrected chi connectivity index (χ4v) is 1.51. The minimum atomic E-state index is -1.06. The summed E-state index contributed by atoms with van der Waals surface area (Å²) in [5, 5.41) is 0. The monoisotopic (exact) mass is 238 g/mol. The van der Waals surface area contributed by atoms with E-state index in [4.69, 9.17) is 4.42 Å². The molecule has 17 heavy (non-hydrogen) atoms. The average molecular weight is 238 g/mol. The standard InChI is InChI=1S/C12H14O5/c1-6-5-9(8(3)17-6)10(13)7(2)11(14)12(15)16-4/h5,7H,1-4H3. The number of carbonyl (C=O) groups excluding carboxylic acids is 3. The second-order valence-corrected chi connectivity index (χ2v) is 3.77. The van der Waals surface area contributed by atoms with Crippen LogP contribution in [0.25, 0.3) is 0 Å². The lowest BCUT2D eigenvalue weighted by molar-refractivity contribution is -0.152. The number of rotatable bonds is 4. The predicted molar refractivity (Wildman–Crippen MR) is 58.7 cm³/mol. The molecule has 0 aliphatic heterocycles. The molecule has 1 rings (SSSR count). The average Bonchev–Trinajstić information content (AvgIpc) is 2.64. The summed E-state index contributed by atoms with van der Waals surface area (Å²) >= 11 is 0. The maximum atomic E-state index is 12.0. The number of esters is 1. The highest BCUT2D eigenvalue weighted by atomic mass is 16.5. The third kappa shape index (κ3) is 2.61. The van der Waals surface area contributed by atoms with Gasteiger partial charge in [-0.1, -0.05) is 0 Å². The van der Waals surface area contributed by atoms with Crippen LogP contribution in [0, 0.1) is 19.8 Å². The van der Waals surface area contributed by atoms with E-state index in [1.807, 2.05) is 0 Å². The fourth-order valence-electron chi connectivity index (χ4n) is 1.51. The van der Waals surface area contributed by atoms with Crippen molar-refractivity contribution < 1.29 is 23.5 Å². The summed E-state index contributed by atoms with van der Waals surface area (Å²) in [5.74, 6) is -2.33. The van der Waals surface area contributed by atoms with Crippen LogP contribution in [0.2, 0.25) is 0 Å². The number of ketones is 2. The normalized spacial score (nSPS) is 12.0. The Morgan fingerprint density at radius 2 is 1.88 bits per heavy atom. The van der Waals surface area contributed by atoms with Gasteiger partial charge in [-0.3, -0.25) is 9.59 Å². The Labute approximate surface area is 98.7 Å². The topological polar surface area (TPSA) is 73.6 Å². The molecule has 0 N–H and O–H groups in total. The molecule has 0 saturated heterocycles. The molecular formula is C12H14O5. The van der Waals surface area contributed by atoms with Crippen molar-refractivity contribution in [3.8, 4) is 0 Å². The first-order chi connectivity index (χ1) is 7.88. The third-order valence-electron chi connectivity index (χ3n) is 2.48. The van der Waals surface area contributed by atoms with Crippen LogP contribution in [0.4, 0.5) is 0 Å². The number of Topliss-reactive ketones (excluding diaryl/α,β-unsaturated/α-hetero) is 2. The van der Waals surface area contributed by atoms with Gasteiger partial charge in [-0.05, 0) is 26.8 Å². The van der Waals surface area contributed by atoms with Gasteiger partial charge < -0.3 is 9.15 Å². The van der Waals surface area contributed by atoms with Crippen molar-refractivity contribution in [2.24, 2.45) is 5.92 Å². The van der Waals surface area contributed by atoms with Crippen LogP contribution in [0.3, 0.4) is 0 Å². The summed E-state index contributed by atoms with van der Waals surface area (Å²) in [6.07, 6.45) is 0. The van der Waals surface area contributed by atoms with E-state index in [0.29, 0.717) is 17.1 Å². The lowest BCUT2D eigenvalue weighted by atomic mass is 9.95. The van der Waals surface area contributed by atoms with E-state index in [9.17, 15) is 14.4 Å². The summed E-state index contributed by atoms with van der Waals surface area (Å²) in [6, 6.07) is 1.55. The second-order valence-electron chi connectivity index (χ2n) is 3.77. The zero-order valence-corrected chi connectivity index (χ0v) is 10.2. The molecule has 0 bridgehead atoms. The van der Waals surface area contributed by atoms with E-state index in [-0.39, 0.29) is 0 Å². The van der Waals surface area contributed by atoms with Gasteiger partial charge in [-0.2, -0.15) is 0 Å². The van der Waals surface area contributed by atoms with Gasteiger partial charge in [0.2, 0.25) is 0 Å². The molecule has 0 fully saturated rings. The van der Waals surface area contributed by atoms with Gasteiger partial charge in [-0.15, -0.1) is 0 Å². The SMILES string of the molecule is COC(=O)C(=O)C(C)C(=O)c1cc(C)oc1C. The van der Waals surface area contributed by atoms with Gasteiger partial charge in [-0.25, -0.2) is 4.79 Å². The summed E-state index contributed by atoms with van der Waals surface area (Å²) < 4.78 is 9.49. The zero-order valence-electron chi connectivity index (χ0n) is 10.2. The minimum Gasteiger partial charge on any atom is -0.466 e. The first kappa shape index (κ1) is 13.2. The molecule has 5 heteroatoms. The maximum Gasteiger partial charge on any atom is 0.375 e. The van der Waals surface area contributed by atoms with Crippen LogP contribution in [-0.4, -0.2) is 24.6 Å². The molecule has 5 nitrogen and oxygen atoms in total. The summed E-state index contributed by atoms with van der Waals surface area (Å²) in [6.45, 7) is 4.72. The summed E-state index contributed by atoms with van der Waals surface area (Å²) in [4.78, 5) is 34.5. The highest BCUT2D eigenvalue weighted by molar-refractivity contribution is 6.39. The van der Waals surface area contributed by atoms with E-state index in [1.54, 1.807) is 19.9 Å². The number of carbonyl (C=O) groups is 3.